The number of nitrogens with zero attached hydrogens (tertiary/aromatic N) is 2. The van der Waals surface area contributed by atoms with Crippen molar-refractivity contribution < 1.29 is 5.21 Å². The molecule has 1 aromatic rings. The first-order valence-electron chi connectivity index (χ1n) is 6.06. The Bertz CT molecular complexity index is 396. The van der Waals surface area contributed by atoms with Crippen molar-refractivity contribution in [2.45, 2.75) is 13.3 Å². The quantitative estimate of drug-likeness (QED) is 0.262. The minimum absolute atomic E-state index is 0.145. The highest BCUT2D eigenvalue weighted by Gasteiger charge is 2.04. The molecule has 5 heteroatoms. The van der Waals surface area contributed by atoms with Gasteiger partial charge in [0, 0.05) is 24.8 Å². The molecule has 0 atom stereocenters. The summed E-state index contributed by atoms with van der Waals surface area (Å²) in [5.41, 5.74) is 7.41. The molecule has 1 aromatic carbocycles. The predicted octanol–water partition coefficient (Wildman–Crippen LogP) is 2.36. The number of rotatable bonds is 7. The van der Waals surface area contributed by atoms with Gasteiger partial charge in [-0.2, -0.15) is 11.8 Å². The Hall–Kier alpha value is -1.36. The van der Waals surface area contributed by atoms with Gasteiger partial charge in [-0.05, 0) is 30.1 Å². The van der Waals surface area contributed by atoms with Crippen LogP contribution in [0.25, 0.3) is 0 Å². The van der Waals surface area contributed by atoms with Gasteiger partial charge in [-0.25, -0.2) is 0 Å². The normalized spacial score (nSPS) is 11.6. The van der Waals surface area contributed by atoms with Crippen LogP contribution in [0.4, 0.5) is 5.69 Å². The Morgan fingerprint density at radius 3 is 2.94 bits per heavy atom. The van der Waals surface area contributed by atoms with E-state index in [9.17, 15) is 0 Å². The molecule has 0 saturated heterocycles. The summed E-state index contributed by atoms with van der Waals surface area (Å²) in [6.07, 6.45) is 1.16. The average molecular weight is 267 g/mol. The van der Waals surface area contributed by atoms with Crippen molar-refractivity contribution in [1.82, 2.24) is 0 Å². The molecular weight excluding hydrogens is 246 g/mol. The van der Waals surface area contributed by atoms with Gasteiger partial charge in [0.05, 0.1) is 0 Å². The van der Waals surface area contributed by atoms with Gasteiger partial charge >= 0.3 is 0 Å². The van der Waals surface area contributed by atoms with E-state index in [0.717, 1.165) is 24.2 Å². The largest absolute Gasteiger partial charge is 0.409 e. The van der Waals surface area contributed by atoms with Crippen molar-refractivity contribution in [3.63, 3.8) is 0 Å². The van der Waals surface area contributed by atoms with Crippen LogP contribution in [0.1, 0.15) is 18.9 Å². The first-order chi connectivity index (χ1) is 8.69. The minimum atomic E-state index is 0.145. The van der Waals surface area contributed by atoms with Gasteiger partial charge < -0.3 is 15.8 Å². The molecule has 18 heavy (non-hydrogen) atoms. The van der Waals surface area contributed by atoms with Crippen LogP contribution in [0.2, 0.25) is 0 Å². The summed E-state index contributed by atoms with van der Waals surface area (Å²) < 4.78 is 0. The molecule has 0 aliphatic heterocycles. The molecule has 0 radical (unpaired) electrons. The molecule has 0 amide bonds. The van der Waals surface area contributed by atoms with Crippen LogP contribution < -0.4 is 10.6 Å². The van der Waals surface area contributed by atoms with Gasteiger partial charge in [0.25, 0.3) is 0 Å². The highest BCUT2D eigenvalue weighted by Crippen LogP contribution is 2.15. The van der Waals surface area contributed by atoms with Gasteiger partial charge in [0.2, 0.25) is 0 Å². The third-order valence-corrected chi connectivity index (χ3v) is 3.66. The maximum Gasteiger partial charge on any atom is 0.170 e. The smallest absolute Gasteiger partial charge is 0.170 e. The molecule has 0 aliphatic carbocycles. The number of nitrogens with two attached hydrogens (primary N) is 1. The number of amidine groups is 1. The van der Waals surface area contributed by atoms with Crippen LogP contribution in [-0.4, -0.2) is 36.1 Å². The Labute approximate surface area is 113 Å². The molecule has 0 aromatic heterocycles. The van der Waals surface area contributed by atoms with Crippen molar-refractivity contribution >= 4 is 23.3 Å². The van der Waals surface area contributed by atoms with E-state index in [2.05, 4.69) is 24.0 Å². The second kappa shape index (κ2) is 7.87. The predicted molar refractivity (Wildman–Crippen MR) is 79.8 cm³/mol. The summed E-state index contributed by atoms with van der Waals surface area (Å²) in [4.78, 5) is 2.18. The lowest BCUT2D eigenvalue weighted by Crippen LogP contribution is -2.20. The fourth-order valence-electron chi connectivity index (χ4n) is 1.64. The monoisotopic (exact) mass is 267 g/mol. The number of benzene rings is 1. The number of thioether (sulfide) groups is 1. The molecule has 0 fully saturated rings. The number of oxime groups is 1. The average Bonchev–Trinajstić information content (AvgIpc) is 2.42. The van der Waals surface area contributed by atoms with E-state index in [0.29, 0.717) is 0 Å². The molecule has 0 unspecified atom stereocenters. The molecule has 0 heterocycles. The topological polar surface area (TPSA) is 61.8 Å². The van der Waals surface area contributed by atoms with Crippen molar-refractivity contribution in [1.29, 1.82) is 0 Å². The fraction of sp³-hybridized carbons (Fsp3) is 0.462. The summed E-state index contributed by atoms with van der Waals surface area (Å²) in [6.45, 7) is 3.18. The third-order valence-electron chi connectivity index (χ3n) is 2.68. The van der Waals surface area contributed by atoms with Crippen LogP contribution >= 0.6 is 11.8 Å². The van der Waals surface area contributed by atoms with Crippen LogP contribution in [-0.2, 0) is 0 Å². The molecule has 4 nitrogen and oxygen atoms in total. The van der Waals surface area contributed by atoms with E-state index in [1.807, 2.05) is 36.0 Å². The summed E-state index contributed by atoms with van der Waals surface area (Å²) in [6, 6.07) is 7.71. The van der Waals surface area contributed by atoms with Gasteiger partial charge in [-0.3, -0.25) is 0 Å². The first-order valence-corrected chi connectivity index (χ1v) is 7.21. The molecular formula is C13H21N3OS. The van der Waals surface area contributed by atoms with E-state index in [4.69, 9.17) is 10.9 Å². The SMILES string of the molecule is CCSCCCN(C)c1cccc(/C(N)=N/O)c1. The molecule has 3 N–H and O–H groups in total. The molecule has 0 aliphatic rings. The summed E-state index contributed by atoms with van der Waals surface area (Å²) >= 11 is 1.96. The zero-order valence-corrected chi connectivity index (χ0v) is 11.8. The lowest BCUT2D eigenvalue weighted by Gasteiger charge is -2.19. The highest BCUT2D eigenvalue weighted by molar-refractivity contribution is 7.99. The van der Waals surface area contributed by atoms with Gasteiger partial charge in [0.1, 0.15) is 0 Å². The second-order valence-electron chi connectivity index (χ2n) is 4.01. The van der Waals surface area contributed by atoms with Crippen molar-refractivity contribution in [3.05, 3.63) is 29.8 Å². The molecule has 100 valence electrons. The Morgan fingerprint density at radius 2 is 2.28 bits per heavy atom. The Kier molecular flexibility index (Phi) is 6.43. The molecule has 0 spiro atoms. The summed E-state index contributed by atoms with van der Waals surface area (Å²) in [7, 11) is 2.06. The Balaban J connectivity index is 2.60. The third kappa shape index (κ3) is 4.49. The van der Waals surface area contributed by atoms with E-state index in [1.54, 1.807) is 0 Å². The molecule has 0 bridgehead atoms. The van der Waals surface area contributed by atoms with Gasteiger partial charge in [-0.1, -0.05) is 24.2 Å². The molecule has 1 rings (SSSR count). The number of hydrogen-bond donors (Lipinski definition) is 2. The zero-order chi connectivity index (χ0) is 13.4. The zero-order valence-electron chi connectivity index (χ0n) is 11.0. The highest BCUT2D eigenvalue weighted by atomic mass is 32.2. The summed E-state index contributed by atoms with van der Waals surface area (Å²) in [5.74, 6) is 2.50. The molecule has 0 saturated carbocycles. The first kappa shape index (κ1) is 14.7. The fourth-order valence-corrected chi connectivity index (χ4v) is 2.26. The van der Waals surface area contributed by atoms with Crippen LogP contribution in [0.5, 0.6) is 0 Å². The van der Waals surface area contributed by atoms with E-state index < -0.39 is 0 Å². The maximum absolute atomic E-state index is 8.66. The van der Waals surface area contributed by atoms with Crippen molar-refractivity contribution in [3.8, 4) is 0 Å². The van der Waals surface area contributed by atoms with E-state index in [-0.39, 0.29) is 5.84 Å². The van der Waals surface area contributed by atoms with Crippen LogP contribution in [0, 0.1) is 0 Å². The lowest BCUT2D eigenvalue weighted by atomic mass is 10.1. The van der Waals surface area contributed by atoms with Crippen LogP contribution in [0.3, 0.4) is 0 Å². The standard InChI is InChI=1S/C13H21N3OS/c1-3-18-9-5-8-16(2)12-7-4-6-11(10-12)13(14)15-17/h4,6-7,10,17H,3,5,8-9H2,1-2H3,(H2,14,15). The van der Waals surface area contributed by atoms with Crippen LogP contribution in [0.15, 0.2) is 29.4 Å². The summed E-state index contributed by atoms with van der Waals surface area (Å²) in [5, 5.41) is 11.7. The minimum Gasteiger partial charge on any atom is -0.409 e. The van der Waals surface area contributed by atoms with Gasteiger partial charge in [0.15, 0.2) is 5.84 Å². The van der Waals surface area contributed by atoms with Crippen molar-refractivity contribution in [2.24, 2.45) is 10.9 Å². The van der Waals surface area contributed by atoms with Gasteiger partial charge in [-0.15, -0.1) is 0 Å². The van der Waals surface area contributed by atoms with E-state index in [1.165, 1.54) is 11.5 Å². The Morgan fingerprint density at radius 1 is 1.50 bits per heavy atom. The number of hydrogen-bond acceptors (Lipinski definition) is 4. The number of anilines is 1. The second-order valence-corrected chi connectivity index (χ2v) is 5.40. The maximum atomic E-state index is 8.66. The van der Waals surface area contributed by atoms with Crippen molar-refractivity contribution in [2.75, 3.05) is 30.0 Å². The lowest BCUT2D eigenvalue weighted by molar-refractivity contribution is 0.318. The van der Waals surface area contributed by atoms with E-state index >= 15 is 0 Å².